The van der Waals surface area contributed by atoms with Crippen molar-refractivity contribution in [1.29, 1.82) is 0 Å². The molecule has 1 aliphatic rings. The molecule has 1 aliphatic heterocycles. The fourth-order valence-corrected chi connectivity index (χ4v) is 2.52. The Morgan fingerprint density at radius 1 is 1.43 bits per heavy atom. The molecule has 1 unspecified atom stereocenters. The maximum Gasteiger partial charge on any atom is 0.246 e. The second kappa shape index (κ2) is 8.58. The highest BCUT2D eigenvalue weighted by Crippen LogP contribution is 2.28. The molecule has 1 aromatic carbocycles. The Hall–Kier alpha value is -2.01. The van der Waals surface area contributed by atoms with E-state index in [2.05, 4.69) is 19.2 Å². The molecular weight excluding hydrogens is 292 g/mol. The van der Waals surface area contributed by atoms with Gasteiger partial charge >= 0.3 is 0 Å². The minimum absolute atomic E-state index is 0.0450. The fourth-order valence-electron chi connectivity index (χ4n) is 2.52. The first-order valence-corrected chi connectivity index (χ1v) is 8.15. The highest BCUT2D eigenvalue weighted by atomic mass is 16.5. The predicted octanol–water partition coefficient (Wildman–Crippen LogP) is 2.32. The van der Waals surface area contributed by atoms with Crippen LogP contribution in [0.1, 0.15) is 25.8 Å². The van der Waals surface area contributed by atoms with Crippen molar-refractivity contribution in [3.05, 3.63) is 29.8 Å². The second-order valence-corrected chi connectivity index (χ2v) is 5.73. The van der Waals surface area contributed by atoms with E-state index in [1.165, 1.54) is 0 Å². The smallest absolute Gasteiger partial charge is 0.246 e. The van der Waals surface area contributed by atoms with Gasteiger partial charge in [0.15, 0.2) is 11.5 Å². The predicted molar refractivity (Wildman–Crippen MR) is 91.9 cm³/mol. The van der Waals surface area contributed by atoms with Crippen molar-refractivity contribution >= 4 is 12.0 Å². The van der Waals surface area contributed by atoms with Crippen LogP contribution in [0.15, 0.2) is 24.3 Å². The van der Waals surface area contributed by atoms with Crippen LogP contribution in [-0.2, 0) is 4.79 Å². The maximum absolute atomic E-state index is 12.2. The van der Waals surface area contributed by atoms with E-state index in [-0.39, 0.29) is 5.91 Å². The molecule has 0 aromatic heterocycles. The summed E-state index contributed by atoms with van der Waals surface area (Å²) in [7, 11) is 1.62. The second-order valence-electron chi connectivity index (χ2n) is 5.73. The molecule has 1 fully saturated rings. The van der Waals surface area contributed by atoms with E-state index in [0.29, 0.717) is 18.4 Å². The van der Waals surface area contributed by atoms with Gasteiger partial charge in [0.2, 0.25) is 5.91 Å². The van der Waals surface area contributed by atoms with E-state index in [9.17, 15) is 4.79 Å². The highest BCUT2D eigenvalue weighted by molar-refractivity contribution is 5.92. The monoisotopic (exact) mass is 318 g/mol. The summed E-state index contributed by atoms with van der Waals surface area (Å²) >= 11 is 0. The van der Waals surface area contributed by atoms with Crippen molar-refractivity contribution in [2.24, 2.45) is 0 Å². The molecule has 5 heteroatoms. The van der Waals surface area contributed by atoms with Gasteiger partial charge in [-0.15, -0.1) is 0 Å². The van der Waals surface area contributed by atoms with Crippen molar-refractivity contribution in [1.82, 2.24) is 10.2 Å². The Kier molecular flexibility index (Phi) is 6.47. The Balaban J connectivity index is 2.02. The lowest BCUT2D eigenvalue weighted by Gasteiger charge is -2.31. The van der Waals surface area contributed by atoms with Crippen LogP contribution in [0.25, 0.3) is 6.08 Å². The molecule has 0 radical (unpaired) electrons. The van der Waals surface area contributed by atoms with Crippen LogP contribution >= 0.6 is 0 Å². The van der Waals surface area contributed by atoms with Gasteiger partial charge < -0.3 is 19.7 Å². The lowest BCUT2D eigenvalue weighted by atomic mass is 10.1. The number of hydrogen-bond donors (Lipinski definition) is 1. The topological polar surface area (TPSA) is 50.8 Å². The third-order valence-corrected chi connectivity index (χ3v) is 3.75. The lowest BCUT2D eigenvalue weighted by Crippen LogP contribution is -2.50. The van der Waals surface area contributed by atoms with Gasteiger partial charge in [0.1, 0.15) is 0 Å². The Bertz CT molecular complexity index is 557. The maximum atomic E-state index is 12.2. The first-order chi connectivity index (χ1) is 11.1. The van der Waals surface area contributed by atoms with Gasteiger partial charge in [0, 0.05) is 31.8 Å². The van der Waals surface area contributed by atoms with E-state index in [0.717, 1.165) is 37.4 Å². The van der Waals surface area contributed by atoms with E-state index in [1.54, 1.807) is 13.2 Å². The molecule has 0 saturated carbocycles. The summed E-state index contributed by atoms with van der Waals surface area (Å²) in [6.07, 6.45) is 4.39. The number of ether oxygens (including phenoxy) is 2. The SMILES string of the molecule is CCCOc1ccc(/C=C/C(=O)N2CCNC(C)C2)cc1OC. The number of carbonyl (C=O) groups excluding carboxylic acids is 1. The van der Waals surface area contributed by atoms with Crippen LogP contribution in [0, 0.1) is 0 Å². The molecule has 0 spiro atoms. The van der Waals surface area contributed by atoms with Crippen LogP contribution in [0.2, 0.25) is 0 Å². The van der Waals surface area contributed by atoms with Gasteiger partial charge in [-0.3, -0.25) is 4.79 Å². The van der Waals surface area contributed by atoms with Crippen molar-refractivity contribution in [2.75, 3.05) is 33.4 Å². The first-order valence-electron chi connectivity index (χ1n) is 8.15. The van der Waals surface area contributed by atoms with Gasteiger partial charge in [0.05, 0.1) is 13.7 Å². The molecule has 1 aromatic rings. The lowest BCUT2D eigenvalue weighted by molar-refractivity contribution is -0.127. The summed E-state index contributed by atoms with van der Waals surface area (Å²) in [6, 6.07) is 6.04. The first kappa shape index (κ1) is 17.3. The Labute approximate surface area is 138 Å². The number of piperazine rings is 1. The van der Waals surface area contributed by atoms with Gasteiger partial charge in [-0.2, -0.15) is 0 Å². The minimum atomic E-state index is 0.0450. The molecule has 1 heterocycles. The van der Waals surface area contributed by atoms with Gasteiger partial charge in [-0.25, -0.2) is 0 Å². The molecule has 23 heavy (non-hydrogen) atoms. The number of methoxy groups -OCH3 is 1. The average molecular weight is 318 g/mol. The number of amides is 1. The summed E-state index contributed by atoms with van der Waals surface area (Å²) in [5, 5.41) is 3.33. The summed E-state index contributed by atoms with van der Waals surface area (Å²) in [4.78, 5) is 14.1. The van der Waals surface area contributed by atoms with Crippen LogP contribution in [-0.4, -0.2) is 50.2 Å². The molecule has 1 amide bonds. The fraction of sp³-hybridized carbons (Fsp3) is 0.500. The zero-order chi connectivity index (χ0) is 16.7. The van der Waals surface area contributed by atoms with Crippen LogP contribution in [0.4, 0.5) is 0 Å². The van der Waals surface area contributed by atoms with E-state index in [4.69, 9.17) is 9.47 Å². The Morgan fingerprint density at radius 2 is 2.26 bits per heavy atom. The molecule has 5 nitrogen and oxygen atoms in total. The third-order valence-electron chi connectivity index (χ3n) is 3.75. The van der Waals surface area contributed by atoms with E-state index in [1.807, 2.05) is 29.2 Å². The zero-order valence-electron chi connectivity index (χ0n) is 14.2. The number of nitrogens with one attached hydrogen (secondary N) is 1. The molecule has 126 valence electrons. The van der Waals surface area contributed by atoms with Crippen molar-refractivity contribution in [2.45, 2.75) is 26.3 Å². The molecule has 1 saturated heterocycles. The van der Waals surface area contributed by atoms with Crippen LogP contribution < -0.4 is 14.8 Å². The molecule has 0 bridgehead atoms. The normalized spacial score (nSPS) is 18.2. The Morgan fingerprint density at radius 3 is 2.96 bits per heavy atom. The molecule has 0 aliphatic carbocycles. The van der Waals surface area contributed by atoms with Crippen LogP contribution in [0.5, 0.6) is 11.5 Å². The zero-order valence-corrected chi connectivity index (χ0v) is 14.2. The van der Waals surface area contributed by atoms with Gasteiger partial charge in [-0.1, -0.05) is 13.0 Å². The summed E-state index contributed by atoms with van der Waals surface area (Å²) in [5.74, 6) is 1.46. The number of nitrogens with zero attached hydrogens (tertiary/aromatic N) is 1. The number of benzene rings is 1. The number of carbonyl (C=O) groups is 1. The summed E-state index contributed by atoms with van der Waals surface area (Å²) < 4.78 is 11.0. The summed E-state index contributed by atoms with van der Waals surface area (Å²) in [5.41, 5.74) is 0.919. The minimum Gasteiger partial charge on any atom is -0.493 e. The van der Waals surface area contributed by atoms with Crippen LogP contribution in [0.3, 0.4) is 0 Å². The van der Waals surface area contributed by atoms with Gasteiger partial charge in [-0.05, 0) is 37.1 Å². The molecule has 2 rings (SSSR count). The quantitative estimate of drug-likeness (QED) is 0.818. The highest BCUT2D eigenvalue weighted by Gasteiger charge is 2.18. The molecule has 1 N–H and O–H groups in total. The number of rotatable bonds is 6. The van der Waals surface area contributed by atoms with Crippen molar-refractivity contribution in [3.8, 4) is 11.5 Å². The van der Waals surface area contributed by atoms with E-state index < -0.39 is 0 Å². The molecular formula is C18H26N2O3. The third kappa shape index (κ3) is 4.99. The standard InChI is InChI=1S/C18H26N2O3/c1-4-11-23-16-7-5-15(12-17(16)22-3)6-8-18(21)20-10-9-19-14(2)13-20/h5-8,12,14,19H,4,9-11,13H2,1-3H3/b8-6+. The largest absolute Gasteiger partial charge is 0.493 e. The average Bonchev–Trinajstić information content (AvgIpc) is 2.58. The van der Waals surface area contributed by atoms with Crippen molar-refractivity contribution in [3.63, 3.8) is 0 Å². The molecule has 1 atom stereocenters. The van der Waals surface area contributed by atoms with Crippen molar-refractivity contribution < 1.29 is 14.3 Å². The summed E-state index contributed by atoms with van der Waals surface area (Å²) in [6.45, 7) is 7.15. The van der Waals surface area contributed by atoms with Gasteiger partial charge in [0.25, 0.3) is 0 Å². The van der Waals surface area contributed by atoms with E-state index >= 15 is 0 Å². The number of hydrogen-bond acceptors (Lipinski definition) is 4.